The number of ether oxygens (including phenoxy) is 2. The van der Waals surface area contributed by atoms with Gasteiger partial charge in [0.2, 0.25) is 0 Å². The normalized spacial score (nSPS) is 11.7. The van der Waals surface area contributed by atoms with E-state index in [1.54, 1.807) is 23.9 Å². The molecule has 0 aliphatic carbocycles. The van der Waals surface area contributed by atoms with Gasteiger partial charge in [0, 0.05) is 30.8 Å². The number of carbonyl (C=O) groups is 1. The zero-order valence-corrected chi connectivity index (χ0v) is 18.7. The van der Waals surface area contributed by atoms with Crippen molar-refractivity contribution < 1.29 is 19.4 Å². The van der Waals surface area contributed by atoms with E-state index >= 15 is 0 Å². The summed E-state index contributed by atoms with van der Waals surface area (Å²) in [6, 6.07) is 9.09. The Balaban J connectivity index is 0.00000218. The summed E-state index contributed by atoms with van der Waals surface area (Å²) in [6.45, 7) is 7.86. The topological polar surface area (TPSA) is 85.6 Å². The van der Waals surface area contributed by atoms with Gasteiger partial charge in [-0.2, -0.15) is 5.10 Å². The number of hydrogen-bond donors (Lipinski definition) is 2. The minimum atomic E-state index is -1.13. The molecule has 30 heavy (non-hydrogen) atoms. The van der Waals surface area contributed by atoms with Crippen molar-refractivity contribution in [1.82, 2.24) is 9.78 Å². The highest BCUT2D eigenvalue weighted by Crippen LogP contribution is 2.24. The average Bonchev–Trinajstić information content (AvgIpc) is 3.11. The molecule has 1 heterocycles. The summed E-state index contributed by atoms with van der Waals surface area (Å²) in [5.41, 5.74) is 1.88. The lowest BCUT2D eigenvalue weighted by Gasteiger charge is -2.11. The Morgan fingerprint density at radius 1 is 1.30 bits per heavy atom. The van der Waals surface area contributed by atoms with Gasteiger partial charge in [0.05, 0.1) is 24.1 Å². The highest BCUT2D eigenvalue weighted by Gasteiger charge is 2.15. The molecule has 1 aromatic carbocycles. The van der Waals surface area contributed by atoms with Crippen molar-refractivity contribution in [2.24, 2.45) is 7.05 Å². The summed E-state index contributed by atoms with van der Waals surface area (Å²) in [6.07, 6.45) is 2.82. The van der Waals surface area contributed by atoms with Crippen molar-refractivity contribution in [2.75, 3.05) is 26.1 Å². The maximum Gasteiger partial charge on any atom is 0.337 e. The third kappa shape index (κ3) is 6.79. The number of nitrogens with zero attached hydrogens (tertiary/aromatic N) is 2. The number of methoxy groups -OCH3 is 2. The molecule has 0 amide bonds. The number of halogens is 1. The molecular weight excluding hydrogens is 406 g/mol. The van der Waals surface area contributed by atoms with Crippen LogP contribution in [-0.4, -0.2) is 41.7 Å². The van der Waals surface area contributed by atoms with Gasteiger partial charge in [-0.05, 0) is 24.3 Å². The Morgan fingerprint density at radius 3 is 2.43 bits per heavy atom. The van der Waals surface area contributed by atoms with Gasteiger partial charge in [0.25, 0.3) is 0 Å². The molecule has 0 aliphatic heterocycles. The van der Waals surface area contributed by atoms with Gasteiger partial charge in [-0.25, -0.2) is 4.79 Å². The molecule has 7 nitrogen and oxygen atoms in total. The summed E-state index contributed by atoms with van der Waals surface area (Å²) >= 11 is 5.93. The van der Waals surface area contributed by atoms with E-state index in [9.17, 15) is 9.90 Å². The summed E-state index contributed by atoms with van der Waals surface area (Å²) in [7, 11) is 4.70. The molecule has 0 saturated heterocycles. The first-order valence-corrected chi connectivity index (χ1v) is 9.67. The van der Waals surface area contributed by atoms with E-state index in [-0.39, 0.29) is 12.2 Å². The van der Waals surface area contributed by atoms with E-state index < -0.39 is 5.97 Å². The maximum absolute atomic E-state index is 11.8. The van der Waals surface area contributed by atoms with Crippen molar-refractivity contribution in [2.45, 2.75) is 13.8 Å². The van der Waals surface area contributed by atoms with Crippen molar-refractivity contribution >= 4 is 23.4 Å². The second-order valence-electron chi connectivity index (χ2n) is 5.75. The SMILES string of the molecule is C=C/C(Nc1cc(-c2ccc(Cl)cc2)nn1C)=C(\C=C(/COC)OC)C(=O)O.CC. The Hall–Kier alpha value is -3.03. The molecule has 0 spiro atoms. The largest absolute Gasteiger partial charge is 0.499 e. The fourth-order valence-electron chi connectivity index (χ4n) is 2.43. The lowest BCUT2D eigenvalue weighted by atomic mass is 10.1. The number of aromatic nitrogens is 2. The van der Waals surface area contributed by atoms with E-state index in [0.717, 1.165) is 11.3 Å². The van der Waals surface area contributed by atoms with Gasteiger partial charge < -0.3 is 19.9 Å². The van der Waals surface area contributed by atoms with Crippen LogP contribution in [0.15, 0.2) is 66.1 Å². The highest BCUT2D eigenvalue weighted by molar-refractivity contribution is 6.30. The third-order valence-corrected chi connectivity index (χ3v) is 4.11. The zero-order valence-electron chi connectivity index (χ0n) is 17.9. The van der Waals surface area contributed by atoms with Crippen molar-refractivity contribution in [1.29, 1.82) is 0 Å². The Kier molecular flexibility index (Phi) is 10.4. The van der Waals surface area contributed by atoms with Crippen LogP contribution in [0.5, 0.6) is 0 Å². The molecule has 162 valence electrons. The van der Waals surface area contributed by atoms with Crippen LogP contribution in [0.2, 0.25) is 5.02 Å². The molecule has 2 N–H and O–H groups in total. The van der Waals surface area contributed by atoms with Crippen LogP contribution < -0.4 is 5.32 Å². The maximum atomic E-state index is 11.8. The molecule has 2 rings (SSSR count). The smallest absolute Gasteiger partial charge is 0.337 e. The van der Waals surface area contributed by atoms with Crippen LogP contribution in [0.3, 0.4) is 0 Å². The number of nitrogens with one attached hydrogen (secondary N) is 1. The predicted octanol–water partition coefficient (Wildman–Crippen LogP) is 4.88. The predicted molar refractivity (Wildman–Crippen MR) is 120 cm³/mol. The summed E-state index contributed by atoms with van der Waals surface area (Å²) in [5.74, 6) is -0.168. The number of rotatable bonds is 9. The molecular formula is C22H28ClN3O4. The second-order valence-corrected chi connectivity index (χ2v) is 6.19. The summed E-state index contributed by atoms with van der Waals surface area (Å²) in [5, 5.41) is 17.8. The van der Waals surface area contributed by atoms with Gasteiger partial charge in [-0.15, -0.1) is 0 Å². The van der Waals surface area contributed by atoms with Crippen molar-refractivity contribution in [3.05, 3.63) is 71.1 Å². The number of anilines is 1. The second kappa shape index (κ2) is 12.5. The quantitative estimate of drug-likeness (QED) is 0.333. The molecule has 1 aromatic heterocycles. The number of hydrogen-bond acceptors (Lipinski definition) is 5. The molecule has 0 saturated carbocycles. The highest BCUT2D eigenvalue weighted by atomic mass is 35.5. The Bertz CT molecular complexity index is 915. The molecule has 0 atom stereocenters. The molecule has 0 bridgehead atoms. The standard InChI is InChI=1S/C20H22ClN3O4.C2H6/c1-5-17(16(20(25)26)10-15(28-4)12-27-3)22-19-11-18(23-24(19)2)13-6-8-14(21)9-7-13;1-2/h5-11,22H,1,12H2,2-4H3,(H,25,26);1-2H3/b15-10+,17-16-;. The van der Waals surface area contributed by atoms with E-state index in [1.807, 2.05) is 32.0 Å². The number of carboxylic acids is 1. The number of aliphatic carboxylic acids is 1. The van der Waals surface area contributed by atoms with Crippen molar-refractivity contribution in [3.63, 3.8) is 0 Å². The van der Waals surface area contributed by atoms with E-state index in [2.05, 4.69) is 17.0 Å². The lowest BCUT2D eigenvalue weighted by molar-refractivity contribution is -0.132. The average molecular weight is 434 g/mol. The van der Waals surface area contributed by atoms with Gasteiger partial charge >= 0.3 is 5.97 Å². The Morgan fingerprint density at radius 2 is 1.93 bits per heavy atom. The first-order valence-electron chi connectivity index (χ1n) is 9.30. The van der Waals surface area contributed by atoms with E-state index in [4.69, 9.17) is 21.1 Å². The van der Waals surface area contributed by atoms with Crippen LogP contribution in [0.25, 0.3) is 11.3 Å². The van der Waals surface area contributed by atoms with Crippen LogP contribution in [-0.2, 0) is 21.3 Å². The van der Waals surface area contributed by atoms with Crippen LogP contribution in [0.1, 0.15) is 13.8 Å². The molecule has 0 aliphatic rings. The van der Waals surface area contributed by atoms with E-state index in [0.29, 0.717) is 22.3 Å². The monoisotopic (exact) mass is 433 g/mol. The summed E-state index contributed by atoms with van der Waals surface area (Å²) in [4.78, 5) is 11.8. The molecule has 0 fully saturated rings. The fourth-order valence-corrected chi connectivity index (χ4v) is 2.56. The molecule has 0 radical (unpaired) electrons. The number of carboxylic acid groups (broad SMARTS) is 1. The van der Waals surface area contributed by atoms with Gasteiger partial charge in [-0.3, -0.25) is 4.68 Å². The van der Waals surface area contributed by atoms with Crippen LogP contribution >= 0.6 is 11.6 Å². The van der Waals surface area contributed by atoms with E-state index in [1.165, 1.54) is 26.4 Å². The fraction of sp³-hybridized carbons (Fsp3) is 0.273. The zero-order chi connectivity index (χ0) is 22.7. The number of aryl methyl sites for hydroxylation is 1. The van der Waals surface area contributed by atoms with Gasteiger partial charge in [-0.1, -0.05) is 44.2 Å². The first-order chi connectivity index (χ1) is 14.4. The minimum Gasteiger partial charge on any atom is -0.499 e. The molecule has 8 heteroatoms. The first kappa shape index (κ1) is 25.0. The lowest BCUT2D eigenvalue weighted by Crippen LogP contribution is -2.11. The van der Waals surface area contributed by atoms with Gasteiger partial charge in [0.15, 0.2) is 0 Å². The Labute approximate surface area is 182 Å². The van der Waals surface area contributed by atoms with Crippen molar-refractivity contribution in [3.8, 4) is 11.3 Å². The third-order valence-electron chi connectivity index (χ3n) is 3.86. The number of benzene rings is 1. The molecule has 0 unspecified atom stereocenters. The summed E-state index contributed by atoms with van der Waals surface area (Å²) < 4.78 is 11.8. The number of allylic oxidation sites excluding steroid dienone is 1. The van der Waals surface area contributed by atoms with Gasteiger partial charge in [0.1, 0.15) is 18.2 Å². The van der Waals surface area contributed by atoms with Crippen LogP contribution in [0, 0.1) is 0 Å². The minimum absolute atomic E-state index is 0.0156. The molecule has 2 aromatic rings. The van der Waals surface area contributed by atoms with Crippen LogP contribution in [0.4, 0.5) is 5.82 Å².